The number of anilines is 1. The molecule has 0 radical (unpaired) electrons. The van der Waals surface area contributed by atoms with Gasteiger partial charge in [-0.2, -0.15) is 0 Å². The minimum absolute atomic E-state index is 0.510. The van der Waals surface area contributed by atoms with Gasteiger partial charge in [0.25, 0.3) is 0 Å². The minimum atomic E-state index is 0.510. The highest BCUT2D eigenvalue weighted by atomic mass is 15.2. The highest BCUT2D eigenvalue weighted by Gasteiger charge is 2.18. The Bertz CT molecular complexity index is 372. The molecule has 1 saturated heterocycles. The van der Waals surface area contributed by atoms with Crippen LogP contribution in [0.5, 0.6) is 0 Å². The molecule has 0 spiro atoms. The predicted octanol–water partition coefficient (Wildman–Crippen LogP) is 1.32. The maximum Gasteiger partial charge on any atom is 0.128 e. The second kappa shape index (κ2) is 6.16. The molecule has 100 valence electrons. The molecule has 4 nitrogen and oxygen atoms in total. The summed E-state index contributed by atoms with van der Waals surface area (Å²) < 4.78 is 0. The van der Waals surface area contributed by atoms with Gasteiger partial charge in [0.1, 0.15) is 5.82 Å². The molecule has 1 aromatic rings. The second-order valence-corrected chi connectivity index (χ2v) is 5.32. The average Bonchev–Trinajstić information content (AvgIpc) is 2.41. The van der Waals surface area contributed by atoms with E-state index in [1.165, 1.54) is 25.9 Å². The van der Waals surface area contributed by atoms with Crippen molar-refractivity contribution in [3.8, 4) is 0 Å². The molecule has 0 bridgehead atoms. The van der Waals surface area contributed by atoms with Gasteiger partial charge in [0, 0.05) is 20.1 Å². The van der Waals surface area contributed by atoms with E-state index < -0.39 is 0 Å². The Hall–Kier alpha value is -1.13. The van der Waals surface area contributed by atoms with Crippen molar-refractivity contribution in [3.63, 3.8) is 0 Å². The van der Waals surface area contributed by atoms with Crippen LogP contribution in [-0.4, -0.2) is 43.6 Å². The van der Waals surface area contributed by atoms with Crippen molar-refractivity contribution in [2.75, 3.05) is 38.6 Å². The minimum Gasteiger partial charge on any atom is -0.359 e. The summed E-state index contributed by atoms with van der Waals surface area (Å²) in [5.74, 6) is 1.83. The number of hydrogen-bond acceptors (Lipinski definition) is 4. The highest BCUT2D eigenvalue weighted by molar-refractivity contribution is 5.38. The van der Waals surface area contributed by atoms with Crippen LogP contribution >= 0.6 is 0 Å². The molecular weight excluding hydrogens is 224 g/mol. The third-order valence-electron chi connectivity index (χ3n) is 3.76. The van der Waals surface area contributed by atoms with Crippen LogP contribution in [0.4, 0.5) is 5.82 Å². The van der Waals surface area contributed by atoms with E-state index in [2.05, 4.69) is 34.9 Å². The number of pyridine rings is 1. The first kappa shape index (κ1) is 13.3. The fourth-order valence-corrected chi connectivity index (χ4v) is 2.52. The van der Waals surface area contributed by atoms with Crippen molar-refractivity contribution in [3.05, 3.63) is 23.9 Å². The molecular formula is C14H24N4. The Labute approximate surface area is 110 Å². The predicted molar refractivity (Wildman–Crippen MR) is 75.6 cm³/mol. The first-order valence-corrected chi connectivity index (χ1v) is 6.74. The van der Waals surface area contributed by atoms with Crippen LogP contribution in [-0.2, 0) is 6.54 Å². The second-order valence-electron chi connectivity index (χ2n) is 5.32. The fraction of sp³-hybridized carbons (Fsp3) is 0.643. The standard InChI is InChI=1S/C14H24N4/c1-17-8-6-12(7-9-17)11-18(2)14-5-3-4-13(10-15)16-14/h3-5,12H,6-11,15H2,1-2H3. The smallest absolute Gasteiger partial charge is 0.128 e. The molecule has 2 N–H and O–H groups in total. The van der Waals surface area contributed by atoms with Crippen LogP contribution in [0.25, 0.3) is 0 Å². The summed E-state index contributed by atoms with van der Waals surface area (Å²) in [7, 11) is 4.33. The Balaban J connectivity index is 1.92. The van der Waals surface area contributed by atoms with Crippen molar-refractivity contribution in [1.29, 1.82) is 0 Å². The van der Waals surface area contributed by atoms with E-state index in [1.807, 2.05) is 12.1 Å². The molecule has 2 rings (SSSR count). The lowest BCUT2D eigenvalue weighted by molar-refractivity contribution is 0.222. The summed E-state index contributed by atoms with van der Waals surface area (Å²) in [6.07, 6.45) is 2.58. The van der Waals surface area contributed by atoms with Gasteiger partial charge in [-0.3, -0.25) is 0 Å². The SMILES string of the molecule is CN1CCC(CN(C)c2cccc(CN)n2)CC1. The lowest BCUT2D eigenvalue weighted by Gasteiger charge is -2.32. The molecule has 0 amide bonds. The maximum atomic E-state index is 5.63. The molecule has 0 aromatic carbocycles. The van der Waals surface area contributed by atoms with Gasteiger partial charge >= 0.3 is 0 Å². The van der Waals surface area contributed by atoms with Gasteiger partial charge in [0.2, 0.25) is 0 Å². The Morgan fingerprint density at radius 3 is 2.78 bits per heavy atom. The Morgan fingerprint density at radius 2 is 2.11 bits per heavy atom. The maximum absolute atomic E-state index is 5.63. The summed E-state index contributed by atoms with van der Waals surface area (Å²) >= 11 is 0. The lowest BCUT2D eigenvalue weighted by atomic mass is 9.97. The zero-order valence-corrected chi connectivity index (χ0v) is 11.5. The number of hydrogen-bond donors (Lipinski definition) is 1. The quantitative estimate of drug-likeness (QED) is 0.873. The summed E-state index contributed by atoms with van der Waals surface area (Å²) in [5, 5.41) is 0. The van der Waals surface area contributed by atoms with Gasteiger partial charge in [-0.1, -0.05) is 6.07 Å². The molecule has 0 aliphatic carbocycles. The van der Waals surface area contributed by atoms with Crippen LogP contribution in [0, 0.1) is 5.92 Å². The van der Waals surface area contributed by atoms with E-state index in [-0.39, 0.29) is 0 Å². The first-order valence-electron chi connectivity index (χ1n) is 6.74. The third-order valence-corrected chi connectivity index (χ3v) is 3.76. The van der Waals surface area contributed by atoms with E-state index in [9.17, 15) is 0 Å². The highest BCUT2D eigenvalue weighted by Crippen LogP contribution is 2.19. The van der Waals surface area contributed by atoms with Gasteiger partial charge in [0.15, 0.2) is 0 Å². The van der Waals surface area contributed by atoms with Crippen LogP contribution < -0.4 is 10.6 Å². The molecule has 1 aliphatic rings. The fourth-order valence-electron chi connectivity index (χ4n) is 2.52. The molecule has 0 unspecified atom stereocenters. The summed E-state index contributed by atoms with van der Waals surface area (Å²) in [6.45, 7) is 4.04. The summed E-state index contributed by atoms with van der Waals surface area (Å²) in [6, 6.07) is 6.08. The number of aromatic nitrogens is 1. The molecule has 2 heterocycles. The molecule has 4 heteroatoms. The molecule has 0 atom stereocenters. The van der Waals surface area contributed by atoms with E-state index >= 15 is 0 Å². The van der Waals surface area contributed by atoms with Gasteiger partial charge in [-0.15, -0.1) is 0 Å². The van der Waals surface area contributed by atoms with E-state index in [0.29, 0.717) is 6.54 Å². The summed E-state index contributed by atoms with van der Waals surface area (Å²) in [4.78, 5) is 9.23. The van der Waals surface area contributed by atoms with Crippen LogP contribution in [0.1, 0.15) is 18.5 Å². The lowest BCUT2D eigenvalue weighted by Crippen LogP contribution is -2.36. The first-order chi connectivity index (χ1) is 8.69. The molecule has 0 saturated carbocycles. The topological polar surface area (TPSA) is 45.4 Å². The van der Waals surface area contributed by atoms with E-state index in [4.69, 9.17) is 5.73 Å². The van der Waals surface area contributed by atoms with Crippen LogP contribution in [0.15, 0.2) is 18.2 Å². The molecule has 1 fully saturated rings. The number of nitrogens with two attached hydrogens (primary N) is 1. The van der Waals surface area contributed by atoms with Crippen molar-refractivity contribution < 1.29 is 0 Å². The van der Waals surface area contributed by atoms with Gasteiger partial charge in [0.05, 0.1) is 5.69 Å². The van der Waals surface area contributed by atoms with Gasteiger partial charge in [-0.05, 0) is 51.0 Å². The van der Waals surface area contributed by atoms with Crippen molar-refractivity contribution in [1.82, 2.24) is 9.88 Å². The largest absolute Gasteiger partial charge is 0.359 e. The Kier molecular flexibility index (Phi) is 4.55. The van der Waals surface area contributed by atoms with Crippen molar-refractivity contribution in [2.45, 2.75) is 19.4 Å². The van der Waals surface area contributed by atoms with Gasteiger partial charge < -0.3 is 15.5 Å². The monoisotopic (exact) mass is 248 g/mol. The van der Waals surface area contributed by atoms with E-state index in [0.717, 1.165) is 24.0 Å². The molecule has 18 heavy (non-hydrogen) atoms. The number of likely N-dealkylation sites (tertiary alicyclic amines) is 1. The zero-order chi connectivity index (χ0) is 13.0. The number of piperidine rings is 1. The molecule has 1 aliphatic heterocycles. The number of rotatable bonds is 4. The average molecular weight is 248 g/mol. The molecule has 1 aromatic heterocycles. The van der Waals surface area contributed by atoms with Crippen LogP contribution in [0.3, 0.4) is 0 Å². The normalized spacial score (nSPS) is 17.9. The Morgan fingerprint density at radius 1 is 1.39 bits per heavy atom. The van der Waals surface area contributed by atoms with Crippen molar-refractivity contribution in [2.24, 2.45) is 11.7 Å². The van der Waals surface area contributed by atoms with Crippen LogP contribution in [0.2, 0.25) is 0 Å². The summed E-state index contributed by atoms with van der Waals surface area (Å²) in [5.41, 5.74) is 6.59. The van der Waals surface area contributed by atoms with E-state index in [1.54, 1.807) is 0 Å². The van der Waals surface area contributed by atoms with Crippen molar-refractivity contribution >= 4 is 5.82 Å². The zero-order valence-electron chi connectivity index (χ0n) is 11.5. The third kappa shape index (κ3) is 3.43. The van der Waals surface area contributed by atoms with Gasteiger partial charge in [-0.25, -0.2) is 4.98 Å². The number of nitrogens with zero attached hydrogens (tertiary/aromatic N) is 3.